The van der Waals surface area contributed by atoms with E-state index < -0.39 is 23.8 Å². The number of carbonyl (C=O) groups is 2. The molecule has 0 saturated heterocycles. The minimum absolute atomic E-state index is 0.0497. The van der Waals surface area contributed by atoms with Crippen molar-refractivity contribution in [2.24, 2.45) is 5.92 Å². The van der Waals surface area contributed by atoms with Crippen LogP contribution in [0.25, 0.3) is 0 Å². The summed E-state index contributed by atoms with van der Waals surface area (Å²) in [6.45, 7) is 0. The lowest BCUT2D eigenvalue weighted by atomic mass is 9.88. The van der Waals surface area contributed by atoms with Gasteiger partial charge in [-0.25, -0.2) is 4.79 Å². The summed E-state index contributed by atoms with van der Waals surface area (Å²) in [6, 6.07) is 3.17. The van der Waals surface area contributed by atoms with Crippen molar-refractivity contribution in [3.8, 4) is 0 Å². The molecule has 1 aromatic carbocycles. The molecule has 1 amide bonds. The van der Waals surface area contributed by atoms with Crippen molar-refractivity contribution in [3.05, 3.63) is 35.4 Å². The second kappa shape index (κ2) is 7.68. The second-order valence-electron chi connectivity index (χ2n) is 6.13. The molecule has 1 aromatic rings. The molecular weight excluding hydrogens is 323 g/mol. The van der Waals surface area contributed by atoms with Crippen molar-refractivity contribution in [2.45, 2.75) is 50.7 Å². The first-order valence-electron chi connectivity index (χ1n) is 7.96. The van der Waals surface area contributed by atoms with Crippen LogP contribution in [0.1, 0.15) is 43.2 Å². The Kier molecular flexibility index (Phi) is 5.85. The topological polar surface area (TPSA) is 66.4 Å². The first-order valence-corrected chi connectivity index (χ1v) is 7.96. The maximum absolute atomic E-state index is 12.5. The van der Waals surface area contributed by atoms with Gasteiger partial charge in [-0.1, -0.05) is 31.4 Å². The van der Waals surface area contributed by atoms with E-state index >= 15 is 0 Å². The molecule has 0 spiro atoms. The number of hydrogen-bond acceptors (Lipinski definition) is 2. The van der Waals surface area contributed by atoms with Crippen LogP contribution in [0.15, 0.2) is 24.3 Å². The van der Waals surface area contributed by atoms with Gasteiger partial charge in [-0.2, -0.15) is 13.2 Å². The van der Waals surface area contributed by atoms with Gasteiger partial charge in [-0.05, 0) is 30.5 Å². The average molecular weight is 343 g/mol. The summed E-state index contributed by atoms with van der Waals surface area (Å²) < 4.78 is 37.6. The van der Waals surface area contributed by atoms with Crippen LogP contribution in [-0.4, -0.2) is 23.0 Å². The van der Waals surface area contributed by atoms with Crippen molar-refractivity contribution < 1.29 is 27.9 Å². The highest BCUT2D eigenvalue weighted by molar-refractivity contribution is 5.85. The highest BCUT2D eigenvalue weighted by Crippen LogP contribution is 2.29. The van der Waals surface area contributed by atoms with Crippen LogP contribution in [0.2, 0.25) is 0 Å². The van der Waals surface area contributed by atoms with Gasteiger partial charge in [0.1, 0.15) is 6.04 Å². The van der Waals surface area contributed by atoms with Crippen LogP contribution in [0.3, 0.4) is 0 Å². The van der Waals surface area contributed by atoms with Crippen molar-refractivity contribution >= 4 is 11.9 Å². The monoisotopic (exact) mass is 343 g/mol. The van der Waals surface area contributed by atoms with Gasteiger partial charge in [-0.3, -0.25) is 4.79 Å². The van der Waals surface area contributed by atoms with Crippen LogP contribution in [0.5, 0.6) is 0 Å². The molecule has 0 heterocycles. The SMILES string of the molecule is O=C(NC(Cc1ccc(C(F)(F)F)cc1)C(=O)O)C1CCCCC1. The quantitative estimate of drug-likeness (QED) is 0.861. The van der Waals surface area contributed by atoms with E-state index in [2.05, 4.69) is 5.32 Å². The lowest BCUT2D eigenvalue weighted by molar-refractivity contribution is -0.142. The number of hydrogen-bond donors (Lipinski definition) is 2. The molecule has 0 aromatic heterocycles. The van der Waals surface area contributed by atoms with Gasteiger partial charge < -0.3 is 10.4 Å². The van der Waals surface area contributed by atoms with Crippen LogP contribution >= 0.6 is 0 Å². The Hall–Kier alpha value is -2.05. The maximum Gasteiger partial charge on any atom is 0.416 e. The number of carboxylic acid groups (broad SMARTS) is 1. The second-order valence-corrected chi connectivity index (χ2v) is 6.13. The fraction of sp³-hybridized carbons (Fsp3) is 0.529. The van der Waals surface area contributed by atoms with Gasteiger partial charge >= 0.3 is 12.1 Å². The Bertz CT molecular complexity index is 578. The van der Waals surface area contributed by atoms with Crippen LogP contribution < -0.4 is 5.32 Å². The number of amides is 1. The summed E-state index contributed by atoms with van der Waals surface area (Å²) in [5.41, 5.74) is -0.358. The molecule has 0 aliphatic heterocycles. The highest BCUT2D eigenvalue weighted by atomic mass is 19.4. The Labute approximate surface area is 138 Å². The van der Waals surface area contributed by atoms with E-state index in [1.165, 1.54) is 12.1 Å². The molecule has 1 saturated carbocycles. The zero-order valence-electron chi connectivity index (χ0n) is 13.1. The molecule has 24 heavy (non-hydrogen) atoms. The number of halogens is 3. The fourth-order valence-electron chi connectivity index (χ4n) is 2.92. The fourth-order valence-corrected chi connectivity index (χ4v) is 2.92. The minimum Gasteiger partial charge on any atom is -0.480 e. The molecule has 2 N–H and O–H groups in total. The van der Waals surface area contributed by atoms with Crippen LogP contribution in [-0.2, 0) is 22.2 Å². The van der Waals surface area contributed by atoms with Gasteiger partial charge in [0.15, 0.2) is 0 Å². The number of benzene rings is 1. The van der Waals surface area contributed by atoms with Crippen molar-refractivity contribution in [1.82, 2.24) is 5.32 Å². The van der Waals surface area contributed by atoms with E-state index in [1.807, 2.05) is 0 Å². The van der Waals surface area contributed by atoms with Gasteiger partial charge in [0, 0.05) is 12.3 Å². The Balaban J connectivity index is 2.00. The van der Waals surface area contributed by atoms with E-state index in [-0.39, 0.29) is 18.2 Å². The molecule has 0 bridgehead atoms. The predicted molar refractivity (Wildman–Crippen MR) is 81.3 cm³/mol. The third-order valence-electron chi connectivity index (χ3n) is 4.31. The van der Waals surface area contributed by atoms with Crippen LogP contribution in [0.4, 0.5) is 13.2 Å². The summed E-state index contributed by atoms with van der Waals surface area (Å²) in [5.74, 6) is -1.65. The molecule has 1 unspecified atom stereocenters. The van der Waals surface area contributed by atoms with Crippen molar-refractivity contribution in [3.63, 3.8) is 0 Å². The summed E-state index contributed by atoms with van der Waals surface area (Å²) >= 11 is 0. The van der Waals surface area contributed by atoms with Crippen molar-refractivity contribution in [1.29, 1.82) is 0 Å². The number of alkyl halides is 3. The van der Waals surface area contributed by atoms with Crippen LogP contribution in [0, 0.1) is 5.92 Å². The van der Waals surface area contributed by atoms with E-state index in [4.69, 9.17) is 0 Å². The Morgan fingerprint density at radius 1 is 1.12 bits per heavy atom. The molecule has 132 valence electrons. The van der Waals surface area contributed by atoms with E-state index in [1.54, 1.807) is 0 Å². The largest absolute Gasteiger partial charge is 0.480 e. The number of carboxylic acids is 1. The molecule has 2 rings (SSSR count). The molecular formula is C17H20F3NO3. The standard InChI is InChI=1S/C17H20F3NO3/c18-17(19,20)13-8-6-11(7-9-13)10-14(16(23)24)21-15(22)12-4-2-1-3-5-12/h6-9,12,14H,1-5,10H2,(H,21,22)(H,23,24). The average Bonchev–Trinajstić information content (AvgIpc) is 2.54. The van der Waals surface area contributed by atoms with E-state index in [0.29, 0.717) is 5.56 Å². The third-order valence-corrected chi connectivity index (χ3v) is 4.31. The summed E-state index contributed by atoms with van der Waals surface area (Å²) in [7, 11) is 0. The zero-order chi connectivity index (χ0) is 17.7. The van der Waals surface area contributed by atoms with Gasteiger partial charge in [0.05, 0.1) is 5.56 Å². The molecule has 1 aliphatic rings. The molecule has 4 nitrogen and oxygen atoms in total. The first kappa shape index (κ1) is 18.3. The number of nitrogens with one attached hydrogen (secondary N) is 1. The Morgan fingerprint density at radius 3 is 2.21 bits per heavy atom. The lowest BCUT2D eigenvalue weighted by Crippen LogP contribution is -2.45. The van der Waals surface area contributed by atoms with E-state index in [9.17, 15) is 27.9 Å². The summed E-state index contributed by atoms with van der Waals surface area (Å²) in [5, 5.41) is 11.8. The normalized spacial score (nSPS) is 17.3. The molecule has 1 fully saturated rings. The van der Waals surface area contributed by atoms with Gasteiger partial charge in [0.2, 0.25) is 5.91 Å². The molecule has 7 heteroatoms. The zero-order valence-corrected chi connectivity index (χ0v) is 13.1. The molecule has 0 radical (unpaired) electrons. The predicted octanol–water partition coefficient (Wildman–Crippen LogP) is 3.40. The van der Waals surface area contributed by atoms with E-state index in [0.717, 1.165) is 44.2 Å². The smallest absolute Gasteiger partial charge is 0.416 e. The van der Waals surface area contributed by atoms with Crippen molar-refractivity contribution in [2.75, 3.05) is 0 Å². The molecule has 1 atom stereocenters. The van der Waals surface area contributed by atoms with Gasteiger partial charge in [0.25, 0.3) is 0 Å². The highest BCUT2D eigenvalue weighted by Gasteiger charge is 2.30. The number of rotatable bonds is 5. The number of carbonyl (C=O) groups excluding carboxylic acids is 1. The maximum atomic E-state index is 12.5. The Morgan fingerprint density at radius 2 is 1.71 bits per heavy atom. The van der Waals surface area contributed by atoms with Gasteiger partial charge in [-0.15, -0.1) is 0 Å². The summed E-state index contributed by atoms with van der Waals surface area (Å²) in [4.78, 5) is 23.5. The third kappa shape index (κ3) is 4.97. The summed E-state index contributed by atoms with van der Waals surface area (Å²) in [6.07, 6.45) is 0.00388. The first-order chi connectivity index (χ1) is 11.3. The number of aliphatic carboxylic acids is 1. The lowest BCUT2D eigenvalue weighted by Gasteiger charge is -2.23. The minimum atomic E-state index is -4.43. The molecule has 1 aliphatic carbocycles.